The average molecular weight is 431 g/mol. The van der Waals surface area contributed by atoms with Gasteiger partial charge in [0.05, 0.1) is 9.75 Å². The summed E-state index contributed by atoms with van der Waals surface area (Å²) in [5.41, 5.74) is 2.43. The Kier molecular flexibility index (Phi) is 5.25. The quantitative estimate of drug-likeness (QED) is 0.444. The van der Waals surface area contributed by atoms with Crippen LogP contribution >= 0.6 is 11.3 Å². The van der Waals surface area contributed by atoms with Gasteiger partial charge in [0.15, 0.2) is 11.3 Å². The number of hydrogen-bond acceptors (Lipinski definition) is 5. The van der Waals surface area contributed by atoms with Gasteiger partial charge in [0.2, 0.25) is 0 Å². The predicted octanol–water partition coefficient (Wildman–Crippen LogP) is 5.07. The van der Waals surface area contributed by atoms with Gasteiger partial charge in [-0.1, -0.05) is 30.0 Å². The van der Waals surface area contributed by atoms with Crippen LogP contribution in [0.15, 0.2) is 48.7 Å². The van der Waals surface area contributed by atoms with Gasteiger partial charge in [-0.3, -0.25) is 4.40 Å². The van der Waals surface area contributed by atoms with Crippen LogP contribution in [0.2, 0.25) is 0 Å². The van der Waals surface area contributed by atoms with Gasteiger partial charge in [0.1, 0.15) is 11.5 Å². The molecule has 0 aliphatic rings. The number of thiophene rings is 1. The van der Waals surface area contributed by atoms with Crippen LogP contribution in [0.3, 0.4) is 0 Å². The van der Waals surface area contributed by atoms with Crippen molar-refractivity contribution in [3.05, 3.63) is 70.5 Å². The fourth-order valence-electron chi connectivity index (χ4n) is 3.18. The highest BCUT2D eigenvalue weighted by Gasteiger charge is 2.25. The van der Waals surface area contributed by atoms with E-state index in [0.717, 1.165) is 26.8 Å². The number of aromatic carboxylic acids is 1. The number of rotatable bonds is 3. The largest absolute Gasteiger partial charge is 0.476 e. The molecule has 6 nitrogen and oxygen atoms in total. The SMILES string of the molecule is Cc1cnc(C(=O)O)c2nc(-c3ccc(C#Cc4ccccc4)s3)c(NC(C)(C)C)n12. The van der Waals surface area contributed by atoms with Gasteiger partial charge in [-0.15, -0.1) is 11.3 Å². The van der Waals surface area contributed by atoms with E-state index in [0.29, 0.717) is 11.3 Å². The highest BCUT2D eigenvalue weighted by Crippen LogP contribution is 2.36. The van der Waals surface area contributed by atoms with E-state index in [1.807, 2.05) is 53.8 Å². The number of carboxylic acid groups (broad SMARTS) is 1. The lowest BCUT2D eigenvalue weighted by Gasteiger charge is -2.23. The van der Waals surface area contributed by atoms with Gasteiger partial charge in [-0.2, -0.15) is 0 Å². The first-order valence-electron chi connectivity index (χ1n) is 9.80. The molecule has 0 unspecified atom stereocenters. The highest BCUT2D eigenvalue weighted by atomic mass is 32.1. The van der Waals surface area contributed by atoms with Crippen LogP contribution in [0, 0.1) is 18.8 Å². The molecule has 4 rings (SSSR count). The molecule has 0 aliphatic heterocycles. The normalized spacial score (nSPS) is 11.2. The fourth-order valence-corrected chi connectivity index (χ4v) is 4.03. The minimum absolute atomic E-state index is 0.0746. The molecular weight excluding hydrogens is 408 g/mol. The van der Waals surface area contributed by atoms with Crippen molar-refractivity contribution in [3.63, 3.8) is 0 Å². The first kappa shape index (κ1) is 20.6. The number of nitrogens with zero attached hydrogens (tertiary/aromatic N) is 3. The standard InChI is InChI=1S/C24H22N4O2S/c1-15-14-25-20(23(29)30)21-26-19(22(28(15)21)27-24(2,3)4)18-13-12-17(31-18)11-10-16-8-6-5-7-9-16/h5-9,12-14,27H,1-4H3,(H,29,30). The predicted molar refractivity (Wildman–Crippen MR) is 124 cm³/mol. The maximum atomic E-state index is 11.7. The zero-order chi connectivity index (χ0) is 22.2. The maximum Gasteiger partial charge on any atom is 0.358 e. The number of imidazole rings is 1. The van der Waals surface area contributed by atoms with E-state index >= 15 is 0 Å². The second kappa shape index (κ2) is 7.89. The Bertz CT molecular complexity index is 1340. The van der Waals surface area contributed by atoms with Gasteiger partial charge in [0.25, 0.3) is 0 Å². The molecule has 2 N–H and O–H groups in total. The molecule has 0 atom stereocenters. The number of benzene rings is 1. The van der Waals surface area contributed by atoms with Gasteiger partial charge in [-0.25, -0.2) is 14.8 Å². The van der Waals surface area contributed by atoms with Gasteiger partial charge >= 0.3 is 5.97 Å². The van der Waals surface area contributed by atoms with Gasteiger partial charge in [-0.05, 0) is 52.0 Å². The minimum atomic E-state index is -1.11. The van der Waals surface area contributed by atoms with Crippen LogP contribution in [-0.4, -0.2) is 31.0 Å². The van der Waals surface area contributed by atoms with Crippen molar-refractivity contribution >= 4 is 28.8 Å². The number of carbonyl (C=O) groups is 1. The molecule has 0 saturated heterocycles. The summed E-state index contributed by atoms with van der Waals surface area (Å²) in [6.07, 6.45) is 1.56. The molecule has 0 fully saturated rings. The Morgan fingerprint density at radius 3 is 2.55 bits per heavy atom. The van der Waals surface area contributed by atoms with Crippen LogP contribution in [0.25, 0.3) is 16.2 Å². The smallest absolute Gasteiger partial charge is 0.358 e. The summed E-state index contributed by atoms with van der Waals surface area (Å²) in [7, 11) is 0. The van der Waals surface area contributed by atoms with Crippen LogP contribution in [0.1, 0.15) is 47.4 Å². The number of aryl methyl sites for hydroxylation is 1. The molecule has 0 spiro atoms. The van der Waals surface area contributed by atoms with Crippen LogP contribution in [0.4, 0.5) is 5.82 Å². The molecule has 0 aliphatic carbocycles. The molecule has 0 radical (unpaired) electrons. The number of nitrogens with one attached hydrogen (secondary N) is 1. The van der Waals surface area contributed by atoms with E-state index < -0.39 is 5.97 Å². The minimum Gasteiger partial charge on any atom is -0.476 e. The van der Waals surface area contributed by atoms with Gasteiger partial charge in [0, 0.05) is 23.0 Å². The number of fused-ring (bicyclic) bond motifs is 1. The molecule has 0 amide bonds. The summed E-state index contributed by atoms with van der Waals surface area (Å²) in [6, 6.07) is 13.8. The highest BCUT2D eigenvalue weighted by molar-refractivity contribution is 7.16. The van der Waals surface area contributed by atoms with Crippen molar-refractivity contribution < 1.29 is 9.90 Å². The Labute approximate surface area is 184 Å². The van der Waals surface area contributed by atoms with Gasteiger partial charge < -0.3 is 10.4 Å². The Morgan fingerprint density at radius 2 is 1.87 bits per heavy atom. The van der Waals surface area contributed by atoms with Crippen LogP contribution in [-0.2, 0) is 0 Å². The zero-order valence-electron chi connectivity index (χ0n) is 17.7. The van der Waals surface area contributed by atoms with Crippen molar-refractivity contribution in [2.75, 3.05) is 5.32 Å². The van der Waals surface area contributed by atoms with E-state index in [1.165, 1.54) is 11.3 Å². The monoisotopic (exact) mass is 430 g/mol. The lowest BCUT2D eigenvalue weighted by atomic mass is 10.1. The molecule has 3 heterocycles. The Balaban J connectivity index is 1.86. The van der Waals surface area contributed by atoms with Crippen LogP contribution < -0.4 is 5.32 Å². The van der Waals surface area contributed by atoms with E-state index in [-0.39, 0.29) is 11.2 Å². The van der Waals surface area contributed by atoms with E-state index in [1.54, 1.807) is 6.20 Å². The summed E-state index contributed by atoms with van der Waals surface area (Å²) in [6.45, 7) is 8.04. The van der Waals surface area contributed by atoms with Crippen molar-refractivity contribution in [1.82, 2.24) is 14.4 Å². The zero-order valence-corrected chi connectivity index (χ0v) is 18.5. The second-order valence-electron chi connectivity index (χ2n) is 8.18. The summed E-state index contributed by atoms with van der Waals surface area (Å²) in [5, 5.41) is 13.1. The van der Waals surface area contributed by atoms with Crippen molar-refractivity contribution in [3.8, 4) is 22.4 Å². The molecule has 1 aromatic carbocycles. The summed E-state index contributed by atoms with van der Waals surface area (Å²) < 4.78 is 1.83. The molecule has 31 heavy (non-hydrogen) atoms. The average Bonchev–Trinajstić information content (AvgIpc) is 3.31. The van der Waals surface area contributed by atoms with E-state index in [4.69, 9.17) is 4.98 Å². The van der Waals surface area contributed by atoms with Crippen molar-refractivity contribution in [2.24, 2.45) is 0 Å². The maximum absolute atomic E-state index is 11.7. The molecule has 0 bridgehead atoms. The number of hydrogen-bond donors (Lipinski definition) is 2. The lowest BCUT2D eigenvalue weighted by molar-refractivity contribution is 0.0692. The molecular formula is C24H22N4O2S. The van der Waals surface area contributed by atoms with E-state index in [9.17, 15) is 9.90 Å². The Hall–Kier alpha value is -3.63. The number of anilines is 1. The molecule has 7 heteroatoms. The second-order valence-corrected chi connectivity index (χ2v) is 9.26. The summed E-state index contributed by atoms with van der Waals surface area (Å²) in [4.78, 5) is 22.3. The molecule has 0 saturated carbocycles. The third-order valence-corrected chi connectivity index (χ3v) is 5.47. The third kappa shape index (κ3) is 4.30. The first-order chi connectivity index (χ1) is 14.7. The molecule has 156 valence electrons. The number of aromatic nitrogens is 3. The lowest BCUT2D eigenvalue weighted by Crippen LogP contribution is -2.27. The molecule has 3 aromatic heterocycles. The van der Waals surface area contributed by atoms with E-state index in [2.05, 4.69) is 42.9 Å². The fraction of sp³-hybridized carbons (Fsp3) is 0.208. The number of carboxylic acids is 1. The molecule has 4 aromatic rings. The van der Waals surface area contributed by atoms with Crippen LogP contribution in [0.5, 0.6) is 0 Å². The summed E-state index contributed by atoms with van der Waals surface area (Å²) in [5.74, 6) is 6.01. The third-order valence-electron chi connectivity index (χ3n) is 4.46. The summed E-state index contributed by atoms with van der Waals surface area (Å²) >= 11 is 1.52. The first-order valence-corrected chi connectivity index (χ1v) is 10.6. The Morgan fingerprint density at radius 1 is 1.13 bits per heavy atom. The topological polar surface area (TPSA) is 79.5 Å². The van der Waals surface area contributed by atoms with Crippen molar-refractivity contribution in [1.29, 1.82) is 0 Å². The van der Waals surface area contributed by atoms with Crippen molar-refractivity contribution in [2.45, 2.75) is 33.2 Å².